The summed E-state index contributed by atoms with van der Waals surface area (Å²) in [7, 11) is 1.63. The van der Waals surface area contributed by atoms with Crippen molar-refractivity contribution in [2.45, 2.75) is 13.0 Å². The van der Waals surface area contributed by atoms with Gasteiger partial charge in [0.25, 0.3) is 0 Å². The lowest BCUT2D eigenvalue weighted by Crippen LogP contribution is -2.05. The largest absolute Gasteiger partial charge is 0.507 e. The molecule has 8 nitrogen and oxygen atoms in total. The maximum absolute atomic E-state index is 10.4. The SMILES string of the molecule is COCCCn1nnnc1-c1cc(-c2ccc(Oc3ccccc3)cc2)c(O)cc1O. The van der Waals surface area contributed by atoms with E-state index in [9.17, 15) is 10.2 Å². The minimum atomic E-state index is -0.104. The molecular formula is C23H22N4O4. The molecule has 4 aromatic rings. The molecule has 8 heteroatoms. The lowest BCUT2D eigenvalue weighted by Gasteiger charge is -2.12. The minimum Gasteiger partial charge on any atom is -0.507 e. The van der Waals surface area contributed by atoms with Gasteiger partial charge < -0.3 is 19.7 Å². The number of phenols is 2. The van der Waals surface area contributed by atoms with Crippen LogP contribution in [0.1, 0.15) is 6.42 Å². The van der Waals surface area contributed by atoms with Gasteiger partial charge >= 0.3 is 0 Å². The Kier molecular flexibility index (Phi) is 6.09. The number of benzene rings is 3. The van der Waals surface area contributed by atoms with E-state index in [2.05, 4.69) is 15.5 Å². The van der Waals surface area contributed by atoms with Crippen LogP contribution in [0.25, 0.3) is 22.5 Å². The van der Waals surface area contributed by atoms with E-state index in [1.165, 1.54) is 6.07 Å². The third-order valence-electron chi connectivity index (χ3n) is 4.75. The molecule has 2 N–H and O–H groups in total. The number of methoxy groups -OCH3 is 1. The Bertz CT molecular complexity index is 1140. The number of hydrogen-bond acceptors (Lipinski definition) is 7. The fourth-order valence-corrected chi connectivity index (χ4v) is 3.22. The first-order valence-corrected chi connectivity index (χ1v) is 9.80. The molecule has 0 aliphatic carbocycles. The molecule has 0 aliphatic heterocycles. The smallest absolute Gasteiger partial charge is 0.185 e. The van der Waals surface area contributed by atoms with Gasteiger partial charge in [0.05, 0.1) is 5.56 Å². The van der Waals surface area contributed by atoms with E-state index in [4.69, 9.17) is 9.47 Å². The summed E-state index contributed by atoms with van der Waals surface area (Å²) in [5, 5.41) is 32.6. The first-order valence-electron chi connectivity index (χ1n) is 9.80. The number of tetrazole rings is 1. The Hall–Kier alpha value is -3.91. The molecule has 1 aromatic heterocycles. The lowest BCUT2D eigenvalue weighted by atomic mass is 10.0. The van der Waals surface area contributed by atoms with Gasteiger partial charge in [-0.3, -0.25) is 0 Å². The number of ether oxygens (including phenoxy) is 2. The Balaban J connectivity index is 1.62. The molecule has 158 valence electrons. The second kappa shape index (κ2) is 9.27. The van der Waals surface area contributed by atoms with Crippen LogP contribution in [0.15, 0.2) is 66.7 Å². The summed E-state index contributed by atoms with van der Waals surface area (Å²) in [6.07, 6.45) is 0.725. The van der Waals surface area contributed by atoms with Gasteiger partial charge in [0.2, 0.25) is 0 Å². The zero-order valence-electron chi connectivity index (χ0n) is 17.0. The number of nitrogens with zero attached hydrogens (tertiary/aromatic N) is 4. The topological polar surface area (TPSA) is 103 Å². The minimum absolute atomic E-state index is 0.0450. The molecule has 4 rings (SSSR count). The Morgan fingerprint density at radius 1 is 0.871 bits per heavy atom. The van der Waals surface area contributed by atoms with Crippen molar-refractivity contribution < 1.29 is 19.7 Å². The average molecular weight is 418 g/mol. The quantitative estimate of drug-likeness (QED) is 0.412. The van der Waals surface area contributed by atoms with Crippen LogP contribution >= 0.6 is 0 Å². The number of aromatic hydroxyl groups is 2. The van der Waals surface area contributed by atoms with Crippen molar-refractivity contribution in [1.82, 2.24) is 20.2 Å². The maximum atomic E-state index is 10.4. The Labute approximate surface area is 179 Å². The number of rotatable bonds is 8. The van der Waals surface area contributed by atoms with Crippen molar-refractivity contribution in [2.24, 2.45) is 0 Å². The van der Waals surface area contributed by atoms with E-state index in [-0.39, 0.29) is 11.5 Å². The van der Waals surface area contributed by atoms with E-state index >= 15 is 0 Å². The number of hydrogen-bond donors (Lipinski definition) is 2. The van der Waals surface area contributed by atoms with Crippen LogP contribution in [-0.4, -0.2) is 44.1 Å². The summed E-state index contributed by atoms with van der Waals surface area (Å²) in [5.74, 6) is 1.68. The molecule has 0 saturated heterocycles. The van der Waals surface area contributed by atoms with Gasteiger partial charge in [-0.05, 0) is 52.7 Å². The number of para-hydroxylation sites is 1. The molecule has 0 aliphatic rings. The number of aryl methyl sites for hydroxylation is 1. The maximum Gasteiger partial charge on any atom is 0.185 e. The van der Waals surface area contributed by atoms with Crippen molar-refractivity contribution in [1.29, 1.82) is 0 Å². The highest BCUT2D eigenvalue weighted by Crippen LogP contribution is 2.39. The van der Waals surface area contributed by atoms with Crippen LogP contribution in [0.2, 0.25) is 0 Å². The van der Waals surface area contributed by atoms with Crippen molar-refractivity contribution in [3.63, 3.8) is 0 Å². The zero-order valence-corrected chi connectivity index (χ0v) is 17.0. The van der Waals surface area contributed by atoms with Gasteiger partial charge in [-0.15, -0.1) is 5.10 Å². The molecule has 0 unspecified atom stereocenters. The van der Waals surface area contributed by atoms with Gasteiger partial charge in [0.15, 0.2) is 5.82 Å². The molecule has 31 heavy (non-hydrogen) atoms. The van der Waals surface area contributed by atoms with Crippen molar-refractivity contribution in [3.05, 3.63) is 66.7 Å². The van der Waals surface area contributed by atoms with Crippen LogP contribution in [0.5, 0.6) is 23.0 Å². The van der Waals surface area contributed by atoms with E-state index in [0.29, 0.717) is 35.9 Å². The summed E-state index contributed by atoms with van der Waals surface area (Å²) in [6.45, 7) is 1.11. The van der Waals surface area contributed by atoms with Crippen molar-refractivity contribution in [3.8, 4) is 45.5 Å². The summed E-state index contributed by atoms with van der Waals surface area (Å²) in [4.78, 5) is 0. The number of phenolic OH excluding ortho intramolecular Hbond substituents is 2. The van der Waals surface area contributed by atoms with Crippen LogP contribution in [0.3, 0.4) is 0 Å². The average Bonchev–Trinajstić information content (AvgIpc) is 3.24. The number of aromatic nitrogens is 4. The standard InChI is InChI=1S/C23H22N4O4/c1-30-13-5-12-27-23(24-25-26-27)20-14-19(21(28)15-22(20)29)16-8-10-18(11-9-16)31-17-6-3-2-4-7-17/h2-4,6-11,14-15,28-29H,5,12-13H2,1H3. The lowest BCUT2D eigenvalue weighted by molar-refractivity contribution is 0.189. The molecule has 0 radical (unpaired) electrons. The highest BCUT2D eigenvalue weighted by Gasteiger charge is 2.17. The Morgan fingerprint density at radius 3 is 2.32 bits per heavy atom. The summed E-state index contributed by atoms with van der Waals surface area (Å²) < 4.78 is 12.5. The fourth-order valence-electron chi connectivity index (χ4n) is 3.22. The Morgan fingerprint density at radius 2 is 1.58 bits per heavy atom. The van der Waals surface area contributed by atoms with E-state index in [0.717, 1.165) is 17.7 Å². The van der Waals surface area contributed by atoms with E-state index in [1.54, 1.807) is 17.9 Å². The molecule has 0 amide bonds. The summed E-state index contributed by atoms with van der Waals surface area (Å²) >= 11 is 0. The summed E-state index contributed by atoms with van der Waals surface area (Å²) in [5.41, 5.74) is 1.74. The van der Waals surface area contributed by atoms with Gasteiger partial charge in [-0.25, -0.2) is 4.68 Å². The summed E-state index contributed by atoms with van der Waals surface area (Å²) in [6, 6.07) is 19.8. The third-order valence-corrected chi connectivity index (χ3v) is 4.75. The van der Waals surface area contributed by atoms with Crippen LogP contribution in [0, 0.1) is 0 Å². The van der Waals surface area contributed by atoms with E-state index in [1.807, 2.05) is 54.6 Å². The molecule has 0 bridgehead atoms. The molecule has 0 spiro atoms. The van der Waals surface area contributed by atoms with Gasteiger partial charge in [0.1, 0.15) is 23.0 Å². The van der Waals surface area contributed by atoms with Crippen molar-refractivity contribution >= 4 is 0 Å². The highest BCUT2D eigenvalue weighted by atomic mass is 16.5. The highest BCUT2D eigenvalue weighted by molar-refractivity contribution is 5.79. The predicted octanol–water partition coefficient (Wildman–Crippen LogP) is 4.25. The van der Waals surface area contributed by atoms with Gasteiger partial charge in [-0.2, -0.15) is 0 Å². The van der Waals surface area contributed by atoms with E-state index < -0.39 is 0 Å². The third kappa shape index (κ3) is 4.65. The van der Waals surface area contributed by atoms with Crippen molar-refractivity contribution in [2.75, 3.05) is 13.7 Å². The molecule has 0 atom stereocenters. The van der Waals surface area contributed by atoms with Crippen LogP contribution in [0.4, 0.5) is 0 Å². The monoisotopic (exact) mass is 418 g/mol. The van der Waals surface area contributed by atoms with Crippen LogP contribution < -0.4 is 4.74 Å². The molecular weight excluding hydrogens is 396 g/mol. The first-order chi connectivity index (χ1) is 15.2. The van der Waals surface area contributed by atoms with Gasteiger partial charge in [0, 0.05) is 31.9 Å². The van der Waals surface area contributed by atoms with Crippen LogP contribution in [-0.2, 0) is 11.3 Å². The second-order valence-corrected chi connectivity index (χ2v) is 6.90. The fraction of sp³-hybridized carbons (Fsp3) is 0.174. The normalized spacial score (nSPS) is 10.9. The molecule has 1 heterocycles. The first kappa shape index (κ1) is 20.4. The predicted molar refractivity (Wildman–Crippen MR) is 115 cm³/mol. The molecule has 0 saturated carbocycles. The molecule has 0 fully saturated rings. The molecule has 3 aromatic carbocycles. The van der Waals surface area contributed by atoms with Gasteiger partial charge in [-0.1, -0.05) is 30.3 Å². The zero-order chi connectivity index (χ0) is 21.6. The second-order valence-electron chi connectivity index (χ2n) is 6.90.